The largest absolute Gasteiger partial charge is 0.361 e. The van der Waals surface area contributed by atoms with Gasteiger partial charge >= 0.3 is 0 Å². The number of nitrogens with zero attached hydrogens (tertiary/aromatic N) is 1. The lowest BCUT2D eigenvalue weighted by Crippen LogP contribution is -2.43. The Kier molecular flexibility index (Phi) is 4.16. The first kappa shape index (κ1) is 15.0. The lowest BCUT2D eigenvalue weighted by Gasteiger charge is -2.38. The molecule has 3 nitrogen and oxygen atoms in total. The van der Waals surface area contributed by atoms with Crippen molar-refractivity contribution in [2.24, 2.45) is 0 Å². The Hall–Kier alpha value is -1.88. The van der Waals surface area contributed by atoms with E-state index in [9.17, 15) is 9.18 Å². The first-order chi connectivity index (χ1) is 10.6. The number of rotatable bonds is 3. The van der Waals surface area contributed by atoms with Crippen molar-refractivity contribution in [2.45, 2.75) is 19.5 Å². The average molecular weight is 363 g/mol. The zero-order valence-corrected chi connectivity index (χ0v) is 13.7. The maximum Gasteiger partial charge on any atom is 0.257 e. The van der Waals surface area contributed by atoms with Gasteiger partial charge in [-0.05, 0) is 30.7 Å². The van der Waals surface area contributed by atoms with E-state index in [2.05, 4.69) is 21.2 Å². The molecule has 0 saturated heterocycles. The number of hydrogen-bond acceptors (Lipinski definition) is 2. The Labute approximate surface area is 137 Å². The number of hydrogen-bond donors (Lipinski definition) is 1. The molecule has 0 aliphatic carbocycles. The summed E-state index contributed by atoms with van der Waals surface area (Å²) < 4.78 is 15.0. The summed E-state index contributed by atoms with van der Waals surface area (Å²) in [5, 5.41) is 3.29. The number of para-hydroxylation sites is 1. The summed E-state index contributed by atoms with van der Waals surface area (Å²) in [6, 6.07) is 12.3. The fraction of sp³-hybridized carbons (Fsp3) is 0.235. The van der Waals surface area contributed by atoms with E-state index in [4.69, 9.17) is 0 Å². The van der Waals surface area contributed by atoms with Gasteiger partial charge in [0.1, 0.15) is 12.0 Å². The molecule has 1 heterocycles. The molecule has 1 aliphatic heterocycles. The summed E-state index contributed by atoms with van der Waals surface area (Å²) >= 11 is 3.26. The molecule has 1 atom stereocenters. The second-order valence-corrected chi connectivity index (χ2v) is 6.17. The zero-order valence-electron chi connectivity index (χ0n) is 12.1. The minimum absolute atomic E-state index is 0.0662. The Morgan fingerprint density at radius 1 is 1.27 bits per heavy atom. The van der Waals surface area contributed by atoms with Crippen LogP contribution in [0.3, 0.4) is 0 Å². The van der Waals surface area contributed by atoms with Crippen molar-refractivity contribution in [1.82, 2.24) is 4.90 Å². The summed E-state index contributed by atoms with van der Waals surface area (Å²) in [6.45, 7) is 2.57. The highest BCUT2D eigenvalue weighted by atomic mass is 79.9. The summed E-state index contributed by atoms with van der Waals surface area (Å²) in [7, 11) is 0. The number of halogens is 2. The van der Waals surface area contributed by atoms with Crippen molar-refractivity contribution in [3.63, 3.8) is 0 Å². The SMILES string of the molecule is CCCN1C(=O)c2ccccc2N[C@@H]1c1ccc(Br)cc1F. The Balaban J connectivity index is 2.07. The van der Waals surface area contributed by atoms with E-state index in [0.29, 0.717) is 22.1 Å². The predicted octanol–water partition coefficient (Wildman–Crippen LogP) is 4.56. The van der Waals surface area contributed by atoms with Crippen LogP contribution in [0.4, 0.5) is 10.1 Å². The van der Waals surface area contributed by atoms with Crippen LogP contribution in [-0.2, 0) is 0 Å². The smallest absolute Gasteiger partial charge is 0.257 e. The summed E-state index contributed by atoms with van der Waals surface area (Å²) in [5.41, 5.74) is 1.84. The van der Waals surface area contributed by atoms with Gasteiger partial charge in [0.2, 0.25) is 0 Å². The minimum Gasteiger partial charge on any atom is -0.361 e. The van der Waals surface area contributed by atoms with E-state index in [1.807, 2.05) is 25.1 Å². The van der Waals surface area contributed by atoms with E-state index >= 15 is 0 Å². The first-order valence-corrected chi connectivity index (χ1v) is 8.02. The van der Waals surface area contributed by atoms with Crippen molar-refractivity contribution >= 4 is 27.5 Å². The van der Waals surface area contributed by atoms with Crippen molar-refractivity contribution in [3.05, 3.63) is 63.9 Å². The van der Waals surface area contributed by atoms with Crippen LogP contribution in [0.25, 0.3) is 0 Å². The van der Waals surface area contributed by atoms with Gasteiger partial charge in [0.05, 0.1) is 5.56 Å². The number of nitrogens with one attached hydrogen (secondary N) is 1. The normalized spacial score (nSPS) is 17.1. The molecule has 2 aromatic rings. The van der Waals surface area contributed by atoms with Crippen LogP contribution in [0.2, 0.25) is 0 Å². The molecule has 2 aromatic carbocycles. The number of carbonyl (C=O) groups excluding carboxylic acids is 1. The highest BCUT2D eigenvalue weighted by Gasteiger charge is 2.33. The third-order valence-electron chi connectivity index (χ3n) is 3.74. The topological polar surface area (TPSA) is 32.3 Å². The van der Waals surface area contributed by atoms with Gasteiger partial charge in [0.15, 0.2) is 0 Å². The molecule has 0 bridgehead atoms. The molecule has 0 unspecified atom stereocenters. The van der Waals surface area contributed by atoms with Crippen LogP contribution >= 0.6 is 15.9 Å². The zero-order chi connectivity index (χ0) is 15.7. The van der Waals surface area contributed by atoms with Crippen LogP contribution in [0.1, 0.15) is 35.4 Å². The van der Waals surface area contributed by atoms with Gasteiger partial charge < -0.3 is 10.2 Å². The predicted molar refractivity (Wildman–Crippen MR) is 88.2 cm³/mol. The second kappa shape index (κ2) is 6.08. The first-order valence-electron chi connectivity index (χ1n) is 7.23. The third-order valence-corrected chi connectivity index (χ3v) is 4.24. The molecule has 5 heteroatoms. The molecule has 3 rings (SSSR count). The highest BCUT2D eigenvalue weighted by Crippen LogP contribution is 2.34. The highest BCUT2D eigenvalue weighted by molar-refractivity contribution is 9.10. The van der Waals surface area contributed by atoms with Crippen LogP contribution < -0.4 is 5.32 Å². The molecule has 1 aliphatic rings. The second-order valence-electron chi connectivity index (χ2n) is 5.26. The van der Waals surface area contributed by atoms with E-state index in [1.165, 1.54) is 6.07 Å². The van der Waals surface area contributed by atoms with Gasteiger partial charge in [-0.15, -0.1) is 0 Å². The van der Waals surface area contributed by atoms with Crippen molar-refractivity contribution in [2.75, 3.05) is 11.9 Å². The van der Waals surface area contributed by atoms with Gasteiger partial charge in [-0.25, -0.2) is 4.39 Å². The summed E-state index contributed by atoms with van der Waals surface area (Å²) in [4.78, 5) is 14.4. The van der Waals surface area contributed by atoms with E-state index in [1.54, 1.807) is 23.1 Å². The molecule has 0 fully saturated rings. The molecule has 0 aromatic heterocycles. The molecule has 114 valence electrons. The van der Waals surface area contributed by atoms with Gasteiger partial charge in [-0.1, -0.05) is 41.1 Å². The number of anilines is 1. The van der Waals surface area contributed by atoms with Crippen molar-refractivity contribution in [3.8, 4) is 0 Å². The minimum atomic E-state index is -0.490. The number of fused-ring (bicyclic) bond motifs is 1. The standard InChI is InChI=1S/C17H16BrFN2O/c1-2-9-21-16(12-8-7-11(18)10-14(12)19)20-15-6-4-3-5-13(15)17(21)22/h3-8,10,16,20H,2,9H2,1H3/t16-/m0/s1. The fourth-order valence-electron chi connectivity index (χ4n) is 2.73. The van der Waals surface area contributed by atoms with E-state index in [-0.39, 0.29) is 11.7 Å². The monoisotopic (exact) mass is 362 g/mol. The van der Waals surface area contributed by atoms with Gasteiger partial charge in [0.25, 0.3) is 5.91 Å². The average Bonchev–Trinajstić information content (AvgIpc) is 2.50. The van der Waals surface area contributed by atoms with Crippen molar-refractivity contribution < 1.29 is 9.18 Å². The maximum absolute atomic E-state index is 14.3. The van der Waals surface area contributed by atoms with Crippen LogP contribution in [0.15, 0.2) is 46.9 Å². The van der Waals surface area contributed by atoms with E-state index in [0.717, 1.165) is 12.1 Å². The third kappa shape index (κ3) is 2.61. The Bertz CT molecular complexity index is 720. The van der Waals surface area contributed by atoms with Crippen LogP contribution in [0, 0.1) is 5.82 Å². The molecule has 0 saturated carbocycles. The fourth-order valence-corrected chi connectivity index (χ4v) is 3.07. The molecule has 0 radical (unpaired) electrons. The molecule has 1 N–H and O–H groups in total. The molecular formula is C17H16BrFN2O. The summed E-state index contributed by atoms with van der Waals surface area (Å²) in [5.74, 6) is -0.399. The molecule has 22 heavy (non-hydrogen) atoms. The Morgan fingerprint density at radius 3 is 2.77 bits per heavy atom. The quantitative estimate of drug-likeness (QED) is 0.867. The number of amides is 1. The van der Waals surface area contributed by atoms with Crippen molar-refractivity contribution in [1.29, 1.82) is 0 Å². The van der Waals surface area contributed by atoms with Gasteiger partial charge in [-0.2, -0.15) is 0 Å². The van der Waals surface area contributed by atoms with Crippen LogP contribution in [-0.4, -0.2) is 17.4 Å². The lowest BCUT2D eigenvalue weighted by atomic mass is 10.0. The van der Waals surface area contributed by atoms with Crippen LogP contribution in [0.5, 0.6) is 0 Å². The van der Waals surface area contributed by atoms with E-state index < -0.39 is 6.17 Å². The molecular weight excluding hydrogens is 347 g/mol. The summed E-state index contributed by atoms with van der Waals surface area (Å²) in [6.07, 6.45) is 0.319. The Morgan fingerprint density at radius 2 is 2.05 bits per heavy atom. The molecule has 0 spiro atoms. The molecule has 1 amide bonds. The van der Waals surface area contributed by atoms with Gasteiger partial charge in [-0.3, -0.25) is 4.79 Å². The lowest BCUT2D eigenvalue weighted by molar-refractivity contribution is 0.0680. The number of benzene rings is 2. The van der Waals surface area contributed by atoms with Gasteiger partial charge in [0, 0.05) is 22.3 Å². The maximum atomic E-state index is 14.3. The number of carbonyl (C=O) groups is 1.